The Morgan fingerprint density at radius 2 is 1.65 bits per heavy atom. The summed E-state index contributed by atoms with van der Waals surface area (Å²) in [5.41, 5.74) is 5.56. The average Bonchev–Trinajstić information content (AvgIpc) is 3.40. The van der Waals surface area contributed by atoms with E-state index in [-0.39, 0.29) is 18.0 Å². The molecule has 1 aliphatic rings. The first-order valence-corrected chi connectivity index (χ1v) is 12.6. The van der Waals surface area contributed by atoms with Crippen molar-refractivity contribution in [2.24, 2.45) is 0 Å². The monoisotopic (exact) mass is 536 g/mol. The number of aromatic nitrogens is 3. The molecule has 0 bridgehead atoms. The van der Waals surface area contributed by atoms with E-state index in [1.54, 1.807) is 13.3 Å². The summed E-state index contributed by atoms with van der Waals surface area (Å²) >= 11 is 12.6. The third kappa shape index (κ3) is 4.22. The second kappa shape index (κ2) is 9.72. The predicted octanol–water partition coefficient (Wildman–Crippen LogP) is 6.91. The van der Waals surface area contributed by atoms with Crippen LogP contribution in [0.5, 0.6) is 11.9 Å². The molecule has 0 saturated heterocycles. The summed E-state index contributed by atoms with van der Waals surface area (Å²) in [7, 11) is 3.05. The Kier molecular flexibility index (Phi) is 6.60. The Hall–Kier alpha value is -3.55. The smallest absolute Gasteiger partial charge is 0.319 e. The standard InChI is InChI=1S/C28H26Cl2N4O3/c1-15(2)33-23(21-14-31-28(37-5)32-26(21)36-4)13-20-25(33)24(17-7-10-18(29)11-8-17)34(27(20)35)22-12-19(30)9-6-16(22)3/h6-15,24H,1-5H3. The van der Waals surface area contributed by atoms with E-state index in [2.05, 4.69) is 28.4 Å². The van der Waals surface area contributed by atoms with Crippen LogP contribution in [0.3, 0.4) is 0 Å². The molecule has 9 heteroatoms. The topological polar surface area (TPSA) is 69.5 Å². The van der Waals surface area contributed by atoms with Gasteiger partial charge in [0.25, 0.3) is 5.91 Å². The molecular formula is C28H26Cl2N4O3. The van der Waals surface area contributed by atoms with Gasteiger partial charge in [0.1, 0.15) is 6.04 Å². The Morgan fingerprint density at radius 1 is 0.946 bits per heavy atom. The number of hydrogen-bond acceptors (Lipinski definition) is 5. The summed E-state index contributed by atoms with van der Waals surface area (Å²) in [6, 6.07) is 14.9. The minimum Gasteiger partial charge on any atom is -0.480 e. The lowest BCUT2D eigenvalue weighted by Gasteiger charge is -2.30. The average molecular weight is 537 g/mol. The lowest BCUT2D eigenvalue weighted by Crippen LogP contribution is -2.30. The first-order chi connectivity index (χ1) is 17.7. The molecule has 190 valence electrons. The molecule has 1 aliphatic heterocycles. The molecule has 0 spiro atoms. The number of hydrogen-bond donors (Lipinski definition) is 0. The molecule has 0 fully saturated rings. The van der Waals surface area contributed by atoms with Gasteiger partial charge in [0, 0.05) is 28.0 Å². The minimum atomic E-state index is -0.404. The van der Waals surface area contributed by atoms with E-state index >= 15 is 0 Å². The lowest BCUT2D eigenvalue weighted by molar-refractivity contribution is 0.0993. The van der Waals surface area contributed by atoms with Gasteiger partial charge in [-0.25, -0.2) is 4.98 Å². The highest BCUT2D eigenvalue weighted by Crippen LogP contribution is 2.48. The number of halogens is 2. The van der Waals surface area contributed by atoms with Crippen LogP contribution in [0, 0.1) is 6.92 Å². The van der Waals surface area contributed by atoms with Crippen LogP contribution in [-0.4, -0.2) is 34.7 Å². The van der Waals surface area contributed by atoms with Gasteiger partial charge in [-0.2, -0.15) is 4.98 Å². The second-order valence-corrected chi connectivity index (χ2v) is 10.0. The molecule has 0 aliphatic carbocycles. The van der Waals surface area contributed by atoms with E-state index in [4.69, 9.17) is 32.7 Å². The van der Waals surface area contributed by atoms with E-state index in [1.165, 1.54) is 7.11 Å². The highest BCUT2D eigenvalue weighted by Gasteiger charge is 2.44. The van der Waals surface area contributed by atoms with Gasteiger partial charge in [0.15, 0.2) is 0 Å². The number of methoxy groups -OCH3 is 2. The van der Waals surface area contributed by atoms with Gasteiger partial charge in [-0.15, -0.1) is 0 Å². The zero-order valence-corrected chi connectivity index (χ0v) is 22.6. The molecule has 1 amide bonds. The Labute approximate surface area is 225 Å². The lowest BCUT2D eigenvalue weighted by atomic mass is 10.0. The maximum absolute atomic E-state index is 14.1. The van der Waals surface area contributed by atoms with Crippen molar-refractivity contribution in [1.29, 1.82) is 0 Å². The number of fused-ring (bicyclic) bond motifs is 1. The zero-order valence-electron chi connectivity index (χ0n) is 21.1. The number of aryl methyl sites for hydroxylation is 1. The maximum Gasteiger partial charge on any atom is 0.319 e. The molecule has 3 heterocycles. The van der Waals surface area contributed by atoms with Gasteiger partial charge < -0.3 is 14.0 Å². The van der Waals surface area contributed by atoms with Crippen LogP contribution in [0.2, 0.25) is 10.0 Å². The molecule has 4 aromatic rings. The molecule has 1 unspecified atom stereocenters. The van der Waals surface area contributed by atoms with Gasteiger partial charge in [0.05, 0.1) is 36.7 Å². The van der Waals surface area contributed by atoms with E-state index in [0.717, 1.165) is 28.2 Å². The highest BCUT2D eigenvalue weighted by atomic mass is 35.5. The van der Waals surface area contributed by atoms with Crippen LogP contribution in [-0.2, 0) is 0 Å². The van der Waals surface area contributed by atoms with Gasteiger partial charge in [0.2, 0.25) is 5.88 Å². The van der Waals surface area contributed by atoms with Crippen molar-refractivity contribution in [3.8, 4) is 23.1 Å². The number of benzene rings is 2. The van der Waals surface area contributed by atoms with E-state index in [9.17, 15) is 4.79 Å². The molecule has 0 saturated carbocycles. The molecule has 2 aromatic heterocycles. The van der Waals surface area contributed by atoms with Gasteiger partial charge in [-0.3, -0.25) is 9.69 Å². The number of nitrogens with zero attached hydrogens (tertiary/aromatic N) is 4. The minimum absolute atomic E-state index is 0.00793. The van der Waals surface area contributed by atoms with E-state index in [0.29, 0.717) is 27.1 Å². The summed E-state index contributed by atoms with van der Waals surface area (Å²) in [4.78, 5) is 24.6. The molecule has 37 heavy (non-hydrogen) atoms. The van der Waals surface area contributed by atoms with Gasteiger partial charge in [-0.05, 0) is 62.2 Å². The molecular weight excluding hydrogens is 511 g/mol. The summed E-state index contributed by atoms with van der Waals surface area (Å²) < 4.78 is 12.9. The first-order valence-electron chi connectivity index (χ1n) is 11.8. The summed E-state index contributed by atoms with van der Waals surface area (Å²) in [5, 5.41) is 1.19. The first kappa shape index (κ1) is 25.1. The number of amides is 1. The number of carbonyl (C=O) groups is 1. The Morgan fingerprint density at radius 3 is 2.30 bits per heavy atom. The third-order valence-electron chi connectivity index (χ3n) is 6.56. The molecule has 1 atom stereocenters. The molecule has 0 radical (unpaired) electrons. The predicted molar refractivity (Wildman–Crippen MR) is 145 cm³/mol. The quantitative estimate of drug-likeness (QED) is 0.267. The summed E-state index contributed by atoms with van der Waals surface area (Å²) in [6.45, 7) is 6.14. The van der Waals surface area contributed by atoms with E-state index < -0.39 is 6.04 Å². The van der Waals surface area contributed by atoms with Crippen LogP contribution >= 0.6 is 23.2 Å². The fourth-order valence-corrected chi connectivity index (χ4v) is 5.24. The molecule has 0 N–H and O–H groups in total. The number of carbonyl (C=O) groups excluding carboxylic acids is 1. The Bertz CT molecular complexity index is 1500. The van der Waals surface area contributed by atoms with Gasteiger partial charge >= 0.3 is 6.01 Å². The van der Waals surface area contributed by atoms with E-state index in [1.807, 2.05) is 60.4 Å². The normalized spacial score (nSPS) is 14.9. The van der Waals surface area contributed by atoms with Gasteiger partial charge in [-0.1, -0.05) is 41.4 Å². The SMILES string of the molecule is COc1ncc(-c2cc3c(n2C(C)C)C(c2ccc(Cl)cc2)N(c2cc(Cl)ccc2C)C3=O)c(OC)n1. The number of anilines is 1. The largest absolute Gasteiger partial charge is 0.480 e. The summed E-state index contributed by atoms with van der Waals surface area (Å²) in [6.07, 6.45) is 1.66. The van der Waals surface area contributed by atoms with Crippen molar-refractivity contribution in [3.63, 3.8) is 0 Å². The molecule has 7 nitrogen and oxygen atoms in total. The fourth-order valence-electron chi connectivity index (χ4n) is 4.95. The van der Waals surface area contributed by atoms with Crippen LogP contribution in [0.25, 0.3) is 11.3 Å². The van der Waals surface area contributed by atoms with Crippen molar-refractivity contribution in [3.05, 3.63) is 87.2 Å². The number of ether oxygens (including phenoxy) is 2. The molecule has 5 rings (SSSR count). The molecule has 2 aromatic carbocycles. The zero-order chi connectivity index (χ0) is 26.4. The fraction of sp³-hybridized carbons (Fsp3) is 0.250. The van der Waals surface area contributed by atoms with Crippen LogP contribution < -0.4 is 14.4 Å². The Balaban J connectivity index is 1.79. The summed E-state index contributed by atoms with van der Waals surface area (Å²) in [5.74, 6) is 0.248. The van der Waals surface area contributed by atoms with Crippen molar-refractivity contribution >= 4 is 34.8 Å². The van der Waals surface area contributed by atoms with Crippen molar-refractivity contribution in [2.45, 2.75) is 32.9 Å². The highest BCUT2D eigenvalue weighted by molar-refractivity contribution is 6.31. The van der Waals surface area contributed by atoms with Crippen LogP contribution in [0.4, 0.5) is 5.69 Å². The third-order valence-corrected chi connectivity index (χ3v) is 7.05. The van der Waals surface area contributed by atoms with Crippen molar-refractivity contribution in [2.75, 3.05) is 19.1 Å². The van der Waals surface area contributed by atoms with Crippen LogP contribution in [0.15, 0.2) is 54.7 Å². The number of rotatable bonds is 6. The maximum atomic E-state index is 14.1. The second-order valence-electron chi connectivity index (χ2n) is 9.13. The van der Waals surface area contributed by atoms with Crippen LogP contribution in [0.1, 0.15) is 53.1 Å². The van der Waals surface area contributed by atoms with Crippen molar-refractivity contribution < 1.29 is 14.3 Å². The van der Waals surface area contributed by atoms with Crippen molar-refractivity contribution in [1.82, 2.24) is 14.5 Å².